The third kappa shape index (κ3) is 5.38. The summed E-state index contributed by atoms with van der Waals surface area (Å²) in [6.07, 6.45) is 0.814. The molecule has 2 N–H and O–H groups in total. The second kappa shape index (κ2) is 9.75. The van der Waals surface area contributed by atoms with Gasteiger partial charge in [-0.05, 0) is 62.9 Å². The first kappa shape index (κ1) is 21.8. The lowest BCUT2D eigenvalue weighted by molar-refractivity contribution is -0.134. The van der Waals surface area contributed by atoms with Gasteiger partial charge in [0.2, 0.25) is 5.91 Å². The molecule has 0 spiro atoms. The third-order valence-corrected chi connectivity index (χ3v) is 5.47. The second-order valence-corrected chi connectivity index (χ2v) is 7.82. The Bertz CT molecular complexity index is 906. The van der Waals surface area contributed by atoms with E-state index in [1.54, 1.807) is 19.1 Å². The van der Waals surface area contributed by atoms with Gasteiger partial charge < -0.3 is 9.64 Å². The smallest absolute Gasteiger partial charge is 0.279 e. The molecule has 1 saturated heterocycles. The number of anilines is 1. The van der Waals surface area contributed by atoms with Crippen molar-refractivity contribution in [2.75, 3.05) is 18.0 Å². The maximum Gasteiger partial charge on any atom is 0.279 e. The van der Waals surface area contributed by atoms with E-state index >= 15 is 0 Å². The number of rotatable bonds is 5. The molecule has 2 amide bonds. The van der Waals surface area contributed by atoms with E-state index in [1.807, 2.05) is 36.9 Å². The van der Waals surface area contributed by atoms with Crippen LogP contribution in [0.5, 0.6) is 5.75 Å². The molecular weight excluding hydrogens is 406 g/mol. The molecule has 0 radical (unpaired) electrons. The molecule has 1 fully saturated rings. The van der Waals surface area contributed by atoms with Crippen LogP contribution in [0, 0.1) is 19.8 Å². The quantitative estimate of drug-likeness (QED) is 0.706. The molecule has 0 saturated carbocycles. The van der Waals surface area contributed by atoms with E-state index in [1.165, 1.54) is 0 Å². The van der Waals surface area contributed by atoms with Crippen LogP contribution in [0.15, 0.2) is 30.3 Å². The molecule has 2 aromatic rings. The highest BCUT2D eigenvalue weighted by molar-refractivity contribution is 6.29. The topological polar surface area (TPSA) is 96.5 Å². The van der Waals surface area contributed by atoms with Crippen LogP contribution < -0.4 is 20.5 Å². The van der Waals surface area contributed by atoms with Crippen molar-refractivity contribution < 1.29 is 14.3 Å². The zero-order chi connectivity index (χ0) is 21.7. The molecular formula is C21H26ClN5O3. The fourth-order valence-electron chi connectivity index (χ4n) is 3.30. The normalized spacial score (nSPS) is 17.2. The van der Waals surface area contributed by atoms with Crippen LogP contribution in [-0.2, 0) is 9.59 Å². The molecule has 0 aliphatic carbocycles. The van der Waals surface area contributed by atoms with Crippen molar-refractivity contribution in [1.29, 1.82) is 0 Å². The Balaban J connectivity index is 1.51. The Morgan fingerprint density at radius 2 is 2.00 bits per heavy atom. The average Bonchev–Trinajstić information content (AvgIpc) is 2.75. The zero-order valence-electron chi connectivity index (χ0n) is 17.3. The number of aromatic nitrogens is 2. The van der Waals surface area contributed by atoms with Gasteiger partial charge in [-0.25, -0.2) is 0 Å². The van der Waals surface area contributed by atoms with Crippen LogP contribution in [0.25, 0.3) is 0 Å². The van der Waals surface area contributed by atoms with Gasteiger partial charge in [0.25, 0.3) is 5.91 Å². The number of amides is 2. The second-order valence-electron chi connectivity index (χ2n) is 7.44. The predicted octanol–water partition coefficient (Wildman–Crippen LogP) is 2.58. The van der Waals surface area contributed by atoms with E-state index in [0.29, 0.717) is 23.3 Å². The Labute approximate surface area is 180 Å². The minimum Gasteiger partial charge on any atom is -0.481 e. The molecule has 2 atom stereocenters. The standard InChI is InChI=1S/C21H26ClN5O3/c1-13-6-4-8-17(14(13)2)30-15(3)20(28)25-26-21(29)16-7-5-11-27(12-16)19-10-9-18(22)23-24-19/h4,6,8-10,15-16H,5,7,11-12H2,1-3H3,(H,25,28)(H,26,29). The number of hydrazine groups is 1. The highest BCUT2D eigenvalue weighted by Gasteiger charge is 2.27. The minimum atomic E-state index is -0.752. The van der Waals surface area contributed by atoms with Gasteiger partial charge >= 0.3 is 0 Å². The highest BCUT2D eigenvalue weighted by atomic mass is 35.5. The number of hydrogen-bond donors (Lipinski definition) is 2. The Kier molecular flexibility index (Phi) is 7.10. The largest absolute Gasteiger partial charge is 0.481 e. The first-order valence-corrected chi connectivity index (χ1v) is 10.3. The maximum absolute atomic E-state index is 12.6. The minimum absolute atomic E-state index is 0.242. The van der Waals surface area contributed by atoms with E-state index in [9.17, 15) is 9.59 Å². The molecule has 1 aliphatic rings. The molecule has 160 valence electrons. The summed E-state index contributed by atoms with van der Waals surface area (Å²) in [6, 6.07) is 9.13. The molecule has 1 aromatic carbocycles. The van der Waals surface area contributed by atoms with Crippen LogP contribution >= 0.6 is 11.6 Å². The van der Waals surface area contributed by atoms with E-state index in [2.05, 4.69) is 21.0 Å². The lowest BCUT2D eigenvalue weighted by atomic mass is 9.97. The van der Waals surface area contributed by atoms with E-state index in [-0.39, 0.29) is 11.8 Å². The number of carbonyl (C=O) groups is 2. The van der Waals surface area contributed by atoms with Crippen molar-refractivity contribution >= 4 is 29.2 Å². The van der Waals surface area contributed by atoms with Crippen LogP contribution in [0.3, 0.4) is 0 Å². The molecule has 9 heteroatoms. The number of carbonyl (C=O) groups excluding carboxylic acids is 2. The summed E-state index contributed by atoms with van der Waals surface area (Å²) in [4.78, 5) is 26.9. The molecule has 1 aliphatic heterocycles. The number of aryl methyl sites for hydroxylation is 1. The van der Waals surface area contributed by atoms with Gasteiger partial charge in [-0.1, -0.05) is 23.7 Å². The van der Waals surface area contributed by atoms with E-state index in [0.717, 1.165) is 30.5 Å². The lowest BCUT2D eigenvalue weighted by Gasteiger charge is -2.32. The van der Waals surface area contributed by atoms with Crippen molar-refractivity contribution in [3.63, 3.8) is 0 Å². The van der Waals surface area contributed by atoms with Crippen LogP contribution in [0.4, 0.5) is 5.82 Å². The Hall–Kier alpha value is -2.87. The fraction of sp³-hybridized carbons (Fsp3) is 0.429. The van der Waals surface area contributed by atoms with Gasteiger partial charge in [-0.3, -0.25) is 20.4 Å². The van der Waals surface area contributed by atoms with E-state index in [4.69, 9.17) is 16.3 Å². The fourth-order valence-corrected chi connectivity index (χ4v) is 3.40. The predicted molar refractivity (Wildman–Crippen MR) is 114 cm³/mol. The van der Waals surface area contributed by atoms with Crippen LogP contribution in [0.2, 0.25) is 5.15 Å². The number of nitrogens with one attached hydrogen (secondary N) is 2. The first-order chi connectivity index (χ1) is 14.3. The summed E-state index contributed by atoms with van der Waals surface area (Å²) < 4.78 is 5.75. The maximum atomic E-state index is 12.6. The van der Waals surface area contributed by atoms with Gasteiger partial charge in [-0.15, -0.1) is 10.2 Å². The van der Waals surface area contributed by atoms with Crippen molar-refractivity contribution in [3.05, 3.63) is 46.6 Å². The van der Waals surface area contributed by atoms with E-state index < -0.39 is 12.0 Å². The van der Waals surface area contributed by atoms with Gasteiger partial charge in [0.05, 0.1) is 5.92 Å². The molecule has 2 unspecified atom stereocenters. The number of ether oxygens (including phenoxy) is 1. The molecule has 8 nitrogen and oxygen atoms in total. The average molecular weight is 432 g/mol. The number of benzene rings is 1. The van der Waals surface area contributed by atoms with Crippen LogP contribution in [-0.4, -0.2) is 41.2 Å². The van der Waals surface area contributed by atoms with Gasteiger partial charge in [0.1, 0.15) is 5.75 Å². The van der Waals surface area contributed by atoms with Gasteiger partial charge in [0, 0.05) is 13.1 Å². The summed E-state index contributed by atoms with van der Waals surface area (Å²) in [5, 5.41) is 8.25. The van der Waals surface area contributed by atoms with Crippen molar-refractivity contribution in [3.8, 4) is 5.75 Å². The Morgan fingerprint density at radius 3 is 2.73 bits per heavy atom. The molecule has 0 bridgehead atoms. The summed E-state index contributed by atoms with van der Waals surface area (Å²) >= 11 is 5.79. The molecule has 1 aromatic heterocycles. The van der Waals surface area contributed by atoms with Gasteiger partial charge in [-0.2, -0.15) is 0 Å². The van der Waals surface area contributed by atoms with Crippen molar-refractivity contribution in [2.45, 2.75) is 39.7 Å². The third-order valence-electron chi connectivity index (χ3n) is 5.27. The lowest BCUT2D eigenvalue weighted by Crippen LogP contribution is -2.51. The summed E-state index contributed by atoms with van der Waals surface area (Å²) in [5.74, 6) is 0.397. The number of nitrogens with zero attached hydrogens (tertiary/aromatic N) is 3. The van der Waals surface area contributed by atoms with Crippen LogP contribution in [0.1, 0.15) is 30.9 Å². The summed E-state index contributed by atoms with van der Waals surface area (Å²) in [6.45, 7) is 6.84. The summed E-state index contributed by atoms with van der Waals surface area (Å²) in [5.41, 5.74) is 7.06. The molecule has 30 heavy (non-hydrogen) atoms. The van der Waals surface area contributed by atoms with Crippen molar-refractivity contribution in [1.82, 2.24) is 21.0 Å². The number of hydrogen-bond acceptors (Lipinski definition) is 6. The molecule has 3 rings (SSSR count). The highest BCUT2D eigenvalue weighted by Crippen LogP contribution is 2.23. The summed E-state index contributed by atoms with van der Waals surface area (Å²) in [7, 11) is 0. The number of piperidine rings is 1. The number of halogens is 1. The SMILES string of the molecule is Cc1cccc(OC(C)C(=O)NNC(=O)C2CCCN(c3ccc(Cl)nn3)C2)c1C. The van der Waals surface area contributed by atoms with Gasteiger partial charge in [0.15, 0.2) is 17.1 Å². The monoisotopic (exact) mass is 431 g/mol. The molecule has 2 heterocycles. The zero-order valence-corrected chi connectivity index (χ0v) is 18.1. The van der Waals surface area contributed by atoms with Crippen molar-refractivity contribution in [2.24, 2.45) is 5.92 Å². The first-order valence-electron chi connectivity index (χ1n) is 9.92. The Morgan fingerprint density at radius 1 is 1.20 bits per heavy atom.